The second kappa shape index (κ2) is 8.86. The molecule has 1 aliphatic rings. The van der Waals surface area contributed by atoms with Crippen molar-refractivity contribution in [2.75, 3.05) is 52.5 Å². The zero-order valence-electron chi connectivity index (χ0n) is 11.4. The van der Waals surface area contributed by atoms with E-state index < -0.39 is 0 Å². The van der Waals surface area contributed by atoms with Gasteiger partial charge in [-0.15, -0.1) is 0 Å². The van der Waals surface area contributed by atoms with Gasteiger partial charge in [-0.05, 0) is 12.8 Å². The molecule has 1 aliphatic heterocycles. The molecule has 1 N–H and O–H groups in total. The number of nitrogens with zero attached hydrogens (tertiary/aromatic N) is 2. The lowest BCUT2D eigenvalue weighted by molar-refractivity contribution is 0.0289. The quantitative estimate of drug-likeness (QED) is 0.685. The van der Waals surface area contributed by atoms with Gasteiger partial charge in [0.15, 0.2) is 0 Å². The van der Waals surface area contributed by atoms with E-state index in [0.29, 0.717) is 6.04 Å². The van der Waals surface area contributed by atoms with Crippen LogP contribution in [0.25, 0.3) is 0 Å². The number of hydrogen-bond acceptors (Lipinski definition) is 4. The average Bonchev–Trinajstić information content (AvgIpc) is 2.38. The third-order valence-corrected chi connectivity index (χ3v) is 3.65. The van der Waals surface area contributed by atoms with Gasteiger partial charge >= 0.3 is 0 Å². The van der Waals surface area contributed by atoms with E-state index in [1.165, 1.54) is 12.8 Å². The van der Waals surface area contributed by atoms with Crippen LogP contribution in [0.2, 0.25) is 0 Å². The monoisotopic (exact) mass is 244 g/mol. The van der Waals surface area contributed by atoms with Gasteiger partial charge < -0.3 is 9.84 Å². The molecule has 1 rings (SSSR count). The van der Waals surface area contributed by atoms with Crippen LogP contribution < -0.4 is 0 Å². The van der Waals surface area contributed by atoms with Gasteiger partial charge in [0.2, 0.25) is 0 Å². The van der Waals surface area contributed by atoms with Crippen LogP contribution in [0, 0.1) is 0 Å². The zero-order valence-corrected chi connectivity index (χ0v) is 11.4. The molecule has 0 radical (unpaired) electrons. The molecular formula is C13H28N2O2. The topological polar surface area (TPSA) is 35.9 Å². The van der Waals surface area contributed by atoms with Gasteiger partial charge in [0, 0.05) is 38.8 Å². The summed E-state index contributed by atoms with van der Waals surface area (Å²) in [6.45, 7) is 11.5. The number of aliphatic hydroxyl groups excluding tert-OH is 1. The Hall–Kier alpha value is -0.160. The van der Waals surface area contributed by atoms with Crippen molar-refractivity contribution >= 4 is 0 Å². The summed E-state index contributed by atoms with van der Waals surface area (Å²) >= 11 is 0. The molecule has 0 aromatic heterocycles. The lowest BCUT2D eigenvalue weighted by atomic mass is 10.1. The first kappa shape index (κ1) is 14.9. The molecule has 4 nitrogen and oxygen atoms in total. The Balaban J connectivity index is 2.31. The highest BCUT2D eigenvalue weighted by Crippen LogP contribution is 2.08. The van der Waals surface area contributed by atoms with Crippen LogP contribution in [0.3, 0.4) is 0 Å². The van der Waals surface area contributed by atoms with E-state index >= 15 is 0 Å². The SMILES string of the molecule is CCC(CC)N(CCO)CCN1CCOCC1. The third-order valence-electron chi connectivity index (χ3n) is 3.65. The summed E-state index contributed by atoms with van der Waals surface area (Å²) in [5, 5.41) is 9.14. The molecule has 0 unspecified atom stereocenters. The van der Waals surface area contributed by atoms with Crippen LogP contribution >= 0.6 is 0 Å². The average molecular weight is 244 g/mol. The fraction of sp³-hybridized carbons (Fsp3) is 1.00. The molecule has 17 heavy (non-hydrogen) atoms. The van der Waals surface area contributed by atoms with Gasteiger partial charge in [0.1, 0.15) is 0 Å². The first-order valence-electron chi connectivity index (χ1n) is 6.96. The molecule has 0 bridgehead atoms. The molecule has 1 saturated heterocycles. The minimum Gasteiger partial charge on any atom is -0.395 e. The Bertz CT molecular complexity index is 180. The number of morpholine rings is 1. The lowest BCUT2D eigenvalue weighted by Gasteiger charge is -2.33. The van der Waals surface area contributed by atoms with Gasteiger partial charge in [0.05, 0.1) is 19.8 Å². The number of aliphatic hydroxyl groups is 1. The maximum Gasteiger partial charge on any atom is 0.0594 e. The van der Waals surface area contributed by atoms with E-state index in [1.807, 2.05) is 0 Å². The van der Waals surface area contributed by atoms with E-state index in [0.717, 1.165) is 45.9 Å². The molecule has 0 amide bonds. The van der Waals surface area contributed by atoms with Crippen LogP contribution in [-0.4, -0.2) is 73.5 Å². The van der Waals surface area contributed by atoms with Gasteiger partial charge in [-0.1, -0.05) is 13.8 Å². The standard InChI is InChI=1S/C13H28N2O2/c1-3-13(4-2)15(7-10-16)6-5-14-8-11-17-12-9-14/h13,16H,3-12H2,1-2H3. The Morgan fingerprint density at radius 3 is 2.35 bits per heavy atom. The third kappa shape index (κ3) is 5.34. The predicted molar refractivity (Wildman–Crippen MR) is 70.3 cm³/mol. The molecule has 0 atom stereocenters. The van der Waals surface area contributed by atoms with Crippen LogP contribution in [0.1, 0.15) is 26.7 Å². The molecule has 1 heterocycles. The van der Waals surface area contributed by atoms with Crippen molar-refractivity contribution in [1.29, 1.82) is 0 Å². The second-order valence-electron chi connectivity index (χ2n) is 4.68. The maximum atomic E-state index is 9.14. The van der Waals surface area contributed by atoms with Crippen molar-refractivity contribution in [3.05, 3.63) is 0 Å². The Morgan fingerprint density at radius 1 is 1.18 bits per heavy atom. The number of rotatable bonds is 8. The largest absolute Gasteiger partial charge is 0.395 e. The van der Waals surface area contributed by atoms with Crippen molar-refractivity contribution in [3.8, 4) is 0 Å². The number of ether oxygens (including phenoxy) is 1. The summed E-state index contributed by atoms with van der Waals surface area (Å²) in [6, 6.07) is 0.614. The highest BCUT2D eigenvalue weighted by atomic mass is 16.5. The Kier molecular flexibility index (Phi) is 7.77. The summed E-state index contributed by atoms with van der Waals surface area (Å²) in [5.41, 5.74) is 0. The first-order valence-corrected chi connectivity index (χ1v) is 6.96. The predicted octanol–water partition coefficient (Wildman–Crippen LogP) is 0.802. The number of hydrogen-bond donors (Lipinski definition) is 1. The van der Waals surface area contributed by atoms with E-state index in [1.54, 1.807) is 0 Å². The van der Waals surface area contributed by atoms with Gasteiger partial charge in [-0.3, -0.25) is 9.80 Å². The summed E-state index contributed by atoms with van der Waals surface area (Å²) in [6.07, 6.45) is 2.33. The van der Waals surface area contributed by atoms with Crippen molar-refractivity contribution < 1.29 is 9.84 Å². The molecule has 0 aromatic carbocycles. The summed E-state index contributed by atoms with van der Waals surface area (Å²) in [4.78, 5) is 4.88. The summed E-state index contributed by atoms with van der Waals surface area (Å²) < 4.78 is 5.35. The van der Waals surface area contributed by atoms with E-state index in [9.17, 15) is 0 Å². The molecule has 0 aromatic rings. The molecule has 102 valence electrons. The molecule has 1 fully saturated rings. The minimum atomic E-state index is 0.264. The second-order valence-corrected chi connectivity index (χ2v) is 4.68. The highest BCUT2D eigenvalue weighted by Gasteiger charge is 2.16. The van der Waals surface area contributed by atoms with Crippen LogP contribution in [0.5, 0.6) is 0 Å². The van der Waals surface area contributed by atoms with E-state index in [-0.39, 0.29) is 6.61 Å². The van der Waals surface area contributed by atoms with Crippen molar-refractivity contribution in [1.82, 2.24) is 9.80 Å². The van der Waals surface area contributed by atoms with Gasteiger partial charge in [-0.25, -0.2) is 0 Å². The van der Waals surface area contributed by atoms with E-state index in [4.69, 9.17) is 9.84 Å². The highest BCUT2D eigenvalue weighted by molar-refractivity contribution is 4.71. The van der Waals surface area contributed by atoms with Crippen LogP contribution in [0.4, 0.5) is 0 Å². The fourth-order valence-electron chi connectivity index (χ4n) is 2.51. The van der Waals surface area contributed by atoms with Crippen molar-refractivity contribution in [2.24, 2.45) is 0 Å². The summed E-state index contributed by atoms with van der Waals surface area (Å²) in [7, 11) is 0. The van der Waals surface area contributed by atoms with E-state index in [2.05, 4.69) is 23.6 Å². The normalized spacial score (nSPS) is 18.2. The van der Waals surface area contributed by atoms with Crippen molar-refractivity contribution in [3.63, 3.8) is 0 Å². The fourth-order valence-corrected chi connectivity index (χ4v) is 2.51. The molecule has 0 spiro atoms. The van der Waals surface area contributed by atoms with Crippen LogP contribution in [0.15, 0.2) is 0 Å². The molecule has 4 heteroatoms. The van der Waals surface area contributed by atoms with Gasteiger partial charge in [0.25, 0.3) is 0 Å². The Morgan fingerprint density at radius 2 is 1.82 bits per heavy atom. The lowest BCUT2D eigenvalue weighted by Crippen LogP contribution is -2.45. The maximum absolute atomic E-state index is 9.14. The summed E-state index contributed by atoms with van der Waals surface area (Å²) in [5.74, 6) is 0. The smallest absolute Gasteiger partial charge is 0.0594 e. The molecule has 0 aliphatic carbocycles. The van der Waals surface area contributed by atoms with Gasteiger partial charge in [-0.2, -0.15) is 0 Å². The minimum absolute atomic E-state index is 0.264. The molecule has 0 saturated carbocycles. The Labute approximate surface area is 106 Å². The molecular weight excluding hydrogens is 216 g/mol. The van der Waals surface area contributed by atoms with Crippen LogP contribution in [-0.2, 0) is 4.74 Å². The first-order chi connectivity index (χ1) is 8.31. The van der Waals surface area contributed by atoms with Crippen molar-refractivity contribution in [2.45, 2.75) is 32.7 Å². The zero-order chi connectivity index (χ0) is 12.5.